The lowest BCUT2D eigenvalue weighted by molar-refractivity contribution is -0.136. The van der Waals surface area contributed by atoms with Crippen molar-refractivity contribution in [2.45, 2.75) is 39.5 Å². The van der Waals surface area contributed by atoms with Crippen LogP contribution in [0.2, 0.25) is 0 Å². The largest absolute Gasteiger partial charge is 0.497 e. The molecule has 0 bridgehead atoms. The Hall–Kier alpha value is -3.03. The highest BCUT2D eigenvalue weighted by atomic mass is 16.5. The summed E-state index contributed by atoms with van der Waals surface area (Å²) >= 11 is 0. The Labute approximate surface area is 159 Å². The number of aromatic nitrogens is 1. The van der Waals surface area contributed by atoms with Gasteiger partial charge in [-0.15, -0.1) is 0 Å². The first-order valence-corrected chi connectivity index (χ1v) is 8.97. The quantitative estimate of drug-likeness (QED) is 0.244. The van der Waals surface area contributed by atoms with Gasteiger partial charge in [0.05, 0.1) is 13.3 Å². The first-order valence-electron chi connectivity index (χ1n) is 8.97. The molecule has 8 heteroatoms. The molecule has 0 aliphatic carbocycles. The Morgan fingerprint density at radius 1 is 1.37 bits per heavy atom. The van der Waals surface area contributed by atoms with E-state index in [-0.39, 0.29) is 6.42 Å². The second kappa shape index (κ2) is 12.3. The molecule has 0 radical (unpaired) electrons. The van der Waals surface area contributed by atoms with Crippen molar-refractivity contribution in [3.63, 3.8) is 0 Å². The molecule has 1 aromatic heterocycles. The van der Waals surface area contributed by atoms with Gasteiger partial charge in [-0.2, -0.15) is 5.10 Å². The second-order valence-corrected chi connectivity index (χ2v) is 5.75. The summed E-state index contributed by atoms with van der Waals surface area (Å²) in [7, 11) is 1.65. The van der Waals surface area contributed by atoms with Crippen LogP contribution in [0.1, 0.15) is 45.1 Å². The lowest BCUT2D eigenvalue weighted by atomic mass is 10.2. The number of methoxy groups -OCH3 is 1. The summed E-state index contributed by atoms with van der Waals surface area (Å²) < 4.78 is 5.24. The van der Waals surface area contributed by atoms with Crippen molar-refractivity contribution >= 4 is 29.0 Å². The number of carbonyl (C=O) groups is 1. The number of H-pyrrole nitrogens is 1. The van der Waals surface area contributed by atoms with Gasteiger partial charge in [-0.3, -0.25) is 9.79 Å². The van der Waals surface area contributed by atoms with Crippen molar-refractivity contribution < 1.29 is 14.6 Å². The number of benzene rings is 1. The topological polar surface area (TPSA) is 125 Å². The number of nitrogens with one attached hydrogen (secondary N) is 2. The smallest absolute Gasteiger partial charge is 0.303 e. The lowest BCUT2D eigenvalue weighted by Crippen LogP contribution is -2.27. The first kappa shape index (κ1) is 22.0. The molecule has 1 heterocycles. The summed E-state index contributed by atoms with van der Waals surface area (Å²) in [5, 5.41) is 12.9. The number of aromatic amines is 1. The highest BCUT2D eigenvalue weighted by Crippen LogP contribution is 2.22. The van der Waals surface area contributed by atoms with Gasteiger partial charge < -0.3 is 20.6 Å². The Balaban J connectivity index is 0.000000646. The standard InChI is InChI=1S/C16H23N5O.C3H6O2/c1-3-4-5-8-18-16(17)21-20-11-12-10-19-15-7-6-13(22-2)9-14(12)15;1-2-3(4)5/h6-7,9-11,19H,3-5,8H2,1-2H3,(H3,17,18,21);2H2,1H3,(H,4,5)/b20-11+;. The van der Waals surface area contributed by atoms with E-state index in [0.29, 0.717) is 5.96 Å². The lowest BCUT2D eigenvalue weighted by Gasteiger charge is -2.00. The zero-order valence-electron chi connectivity index (χ0n) is 16.2. The molecule has 0 saturated carbocycles. The fourth-order valence-electron chi connectivity index (χ4n) is 2.12. The predicted octanol–water partition coefficient (Wildman–Crippen LogP) is 3.09. The third-order valence-electron chi connectivity index (χ3n) is 3.65. The summed E-state index contributed by atoms with van der Waals surface area (Å²) in [6.07, 6.45) is 7.21. The number of fused-ring (bicyclic) bond motifs is 1. The summed E-state index contributed by atoms with van der Waals surface area (Å²) in [5.74, 6) is 0.404. The van der Waals surface area contributed by atoms with E-state index in [2.05, 4.69) is 27.4 Å². The molecule has 5 N–H and O–H groups in total. The van der Waals surface area contributed by atoms with E-state index in [1.54, 1.807) is 20.2 Å². The molecule has 2 rings (SSSR count). The summed E-state index contributed by atoms with van der Waals surface area (Å²) in [5.41, 5.74) is 10.5. The highest BCUT2D eigenvalue weighted by molar-refractivity contribution is 5.99. The van der Waals surface area contributed by atoms with E-state index in [1.165, 1.54) is 6.42 Å². The van der Waals surface area contributed by atoms with Crippen molar-refractivity contribution in [2.75, 3.05) is 13.7 Å². The van der Waals surface area contributed by atoms with Crippen LogP contribution in [-0.4, -0.2) is 41.9 Å². The van der Waals surface area contributed by atoms with Gasteiger partial charge in [-0.25, -0.2) is 5.43 Å². The van der Waals surface area contributed by atoms with Crippen LogP contribution in [0.4, 0.5) is 0 Å². The molecule has 0 saturated heterocycles. The summed E-state index contributed by atoms with van der Waals surface area (Å²) in [6, 6.07) is 5.86. The molecule has 8 nitrogen and oxygen atoms in total. The van der Waals surface area contributed by atoms with Gasteiger partial charge in [0.25, 0.3) is 0 Å². The van der Waals surface area contributed by atoms with Crippen LogP contribution < -0.4 is 15.9 Å². The molecule has 27 heavy (non-hydrogen) atoms. The number of carboxylic acids is 1. The van der Waals surface area contributed by atoms with Crippen molar-refractivity contribution in [1.82, 2.24) is 10.4 Å². The Kier molecular flexibility index (Phi) is 10.1. The summed E-state index contributed by atoms with van der Waals surface area (Å²) in [6.45, 7) is 4.49. The van der Waals surface area contributed by atoms with E-state index in [0.717, 1.165) is 41.6 Å². The number of nitrogens with zero attached hydrogens (tertiary/aromatic N) is 2. The van der Waals surface area contributed by atoms with E-state index in [4.69, 9.17) is 15.6 Å². The first-order chi connectivity index (χ1) is 13.0. The van der Waals surface area contributed by atoms with Crippen LogP contribution in [0.3, 0.4) is 0 Å². The van der Waals surface area contributed by atoms with Gasteiger partial charge in [-0.05, 0) is 24.6 Å². The number of nitrogens with two attached hydrogens (primary N) is 1. The van der Waals surface area contributed by atoms with Crippen molar-refractivity contribution in [2.24, 2.45) is 15.8 Å². The Morgan fingerprint density at radius 3 is 2.74 bits per heavy atom. The third kappa shape index (κ3) is 8.26. The fourth-order valence-corrected chi connectivity index (χ4v) is 2.12. The molecular weight excluding hydrogens is 346 g/mol. The molecule has 0 atom stereocenters. The van der Waals surface area contributed by atoms with Gasteiger partial charge in [0, 0.05) is 35.6 Å². The average Bonchev–Trinajstić information content (AvgIpc) is 3.08. The number of hydrazone groups is 1. The van der Waals surface area contributed by atoms with Gasteiger partial charge in [-0.1, -0.05) is 26.7 Å². The average molecular weight is 375 g/mol. The van der Waals surface area contributed by atoms with E-state index in [9.17, 15) is 4.79 Å². The number of hydrogen-bond donors (Lipinski definition) is 4. The molecule has 1 aromatic carbocycles. The maximum absolute atomic E-state index is 9.37. The number of aliphatic imine (C=N–C) groups is 1. The molecule has 148 valence electrons. The van der Waals surface area contributed by atoms with Gasteiger partial charge >= 0.3 is 5.97 Å². The van der Waals surface area contributed by atoms with Gasteiger partial charge in [0.15, 0.2) is 0 Å². The second-order valence-electron chi connectivity index (χ2n) is 5.75. The molecule has 0 spiro atoms. The monoisotopic (exact) mass is 375 g/mol. The number of hydrogen-bond acceptors (Lipinski definition) is 4. The number of rotatable bonds is 8. The van der Waals surface area contributed by atoms with Crippen LogP contribution in [0, 0.1) is 0 Å². The van der Waals surface area contributed by atoms with Gasteiger partial charge in [0.1, 0.15) is 5.75 Å². The molecular formula is C19H29N5O3. The SMILES string of the molecule is CCC(=O)O.CCCCCN=C(N)N/N=C/c1c[nH]c2ccc(OC)cc12. The maximum atomic E-state index is 9.37. The van der Waals surface area contributed by atoms with Crippen LogP contribution in [0.15, 0.2) is 34.5 Å². The number of ether oxygens (including phenoxy) is 1. The van der Waals surface area contributed by atoms with Crippen molar-refractivity contribution in [3.05, 3.63) is 30.0 Å². The van der Waals surface area contributed by atoms with Crippen molar-refractivity contribution in [1.29, 1.82) is 0 Å². The minimum Gasteiger partial charge on any atom is -0.497 e. The van der Waals surface area contributed by atoms with E-state index >= 15 is 0 Å². The number of guanidine groups is 1. The number of aliphatic carboxylic acids is 1. The normalized spacial score (nSPS) is 11.3. The van der Waals surface area contributed by atoms with Crippen LogP contribution in [0.5, 0.6) is 5.75 Å². The molecule has 0 fully saturated rings. The number of unbranched alkanes of at least 4 members (excludes halogenated alkanes) is 2. The van der Waals surface area contributed by atoms with Crippen molar-refractivity contribution in [3.8, 4) is 5.75 Å². The van der Waals surface area contributed by atoms with E-state index in [1.807, 2.05) is 24.4 Å². The minimum atomic E-state index is -0.745. The minimum absolute atomic E-state index is 0.222. The molecule has 0 aliphatic rings. The Bertz CT molecular complexity index is 768. The van der Waals surface area contributed by atoms with Crippen LogP contribution in [0.25, 0.3) is 10.9 Å². The van der Waals surface area contributed by atoms with Crippen LogP contribution in [-0.2, 0) is 4.79 Å². The summed E-state index contributed by atoms with van der Waals surface area (Å²) in [4.78, 5) is 16.8. The molecule has 2 aromatic rings. The maximum Gasteiger partial charge on any atom is 0.303 e. The third-order valence-corrected chi connectivity index (χ3v) is 3.65. The highest BCUT2D eigenvalue weighted by Gasteiger charge is 2.03. The van der Waals surface area contributed by atoms with Gasteiger partial charge in [0.2, 0.25) is 5.96 Å². The van der Waals surface area contributed by atoms with Crippen LogP contribution >= 0.6 is 0 Å². The zero-order valence-corrected chi connectivity index (χ0v) is 16.2. The number of carboxylic acid groups (broad SMARTS) is 1. The molecule has 0 amide bonds. The molecule has 0 unspecified atom stereocenters. The zero-order chi connectivity index (χ0) is 20.1. The predicted molar refractivity (Wildman–Crippen MR) is 110 cm³/mol. The Morgan fingerprint density at radius 2 is 2.11 bits per heavy atom. The fraction of sp³-hybridized carbons (Fsp3) is 0.421. The van der Waals surface area contributed by atoms with E-state index < -0.39 is 5.97 Å². The molecule has 0 aliphatic heterocycles.